The van der Waals surface area contributed by atoms with Crippen molar-refractivity contribution >= 4 is 28.4 Å². The molecule has 7 nitrogen and oxygen atoms in total. The van der Waals surface area contributed by atoms with Gasteiger partial charge in [0, 0.05) is 11.6 Å². The van der Waals surface area contributed by atoms with Crippen molar-refractivity contribution in [2.24, 2.45) is 17.8 Å². The second-order valence-electron chi connectivity index (χ2n) is 11.6. The molecule has 0 radical (unpaired) electrons. The van der Waals surface area contributed by atoms with Crippen molar-refractivity contribution in [3.05, 3.63) is 99.6 Å². The normalized spacial score (nSPS) is 25.2. The Morgan fingerprint density at radius 2 is 1.67 bits per heavy atom. The summed E-state index contributed by atoms with van der Waals surface area (Å²) in [4.78, 5) is 49.1. The zero-order chi connectivity index (χ0) is 27.2. The third-order valence-electron chi connectivity index (χ3n) is 8.68. The number of fused-ring (bicyclic) bond motifs is 8. The maximum atomic E-state index is 14.5. The largest absolute Gasteiger partial charge is 0.297 e. The smallest absolute Gasteiger partial charge is 0.266 e. The van der Waals surface area contributed by atoms with Crippen LogP contribution in [0.25, 0.3) is 16.6 Å². The van der Waals surface area contributed by atoms with Crippen LogP contribution in [0, 0.1) is 31.6 Å². The number of carbonyl (C=O) groups is 2. The summed E-state index contributed by atoms with van der Waals surface area (Å²) in [6, 6.07) is 20.5. The van der Waals surface area contributed by atoms with E-state index in [4.69, 9.17) is 4.98 Å². The van der Waals surface area contributed by atoms with Crippen molar-refractivity contribution in [2.75, 3.05) is 4.90 Å². The second kappa shape index (κ2) is 8.20. The Hall–Kier alpha value is -4.10. The lowest BCUT2D eigenvalue weighted by Gasteiger charge is -2.32. The Morgan fingerprint density at radius 3 is 2.44 bits per heavy atom. The molecule has 3 aliphatic rings. The summed E-state index contributed by atoms with van der Waals surface area (Å²) >= 11 is 0. The van der Waals surface area contributed by atoms with Crippen LogP contribution in [-0.2, 0) is 15.1 Å². The minimum absolute atomic E-state index is 0.173. The van der Waals surface area contributed by atoms with Gasteiger partial charge in [0.15, 0.2) is 0 Å². The van der Waals surface area contributed by atoms with Gasteiger partial charge in [-0.05, 0) is 56.0 Å². The molecule has 0 aliphatic carbocycles. The van der Waals surface area contributed by atoms with E-state index in [1.165, 1.54) is 4.90 Å². The molecule has 7 heteroatoms. The predicted molar refractivity (Wildman–Crippen MR) is 150 cm³/mol. The summed E-state index contributed by atoms with van der Waals surface area (Å²) in [5.74, 6) is -0.981. The molecule has 1 N–H and O–H groups in total. The number of nitrogens with zero attached hydrogens (tertiary/aromatic N) is 3. The van der Waals surface area contributed by atoms with Crippen LogP contribution < -0.4 is 15.8 Å². The zero-order valence-electron chi connectivity index (χ0n) is 22.4. The molecule has 3 aromatic carbocycles. The van der Waals surface area contributed by atoms with E-state index in [9.17, 15) is 14.4 Å². The first kappa shape index (κ1) is 24.0. The topological polar surface area (TPSA) is 84.3 Å². The van der Waals surface area contributed by atoms with Gasteiger partial charge in [0.25, 0.3) is 5.56 Å². The van der Waals surface area contributed by atoms with E-state index in [1.54, 1.807) is 10.6 Å². The average Bonchev–Trinajstić information content (AvgIpc) is 3.47. The molecule has 2 fully saturated rings. The SMILES string of the molecule is Cc1ccc(N2C(=O)C3C(CC(C)C)NC4(c5ccccc5-n5c4nc4ccccc4c5=O)C3C2=O)c(C)c1. The van der Waals surface area contributed by atoms with Crippen LogP contribution in [0.1, 0.15) is 42.8 Å². The number of benzene rings is 3. The maximum Gasteiger partial charge on any atom is 0.266 e. The van der Waals surface area contributed by atoms with Gasteiger partial charge in [0.05, 0.1) is 34.1 Å². The third kappa shape index (κ3) is 3.08. The fourth-order valence-corrected chi connectivity index (χ4v) is 7.22. The highest BCUT2D eigenvalue weighted by Crippen LogP contribution is 2.56. The minimum Gasteiger partial charge on any atom is -0.297 e. The number of hydrogen-bond acceptors (Lipinski definition) is 5. The van der Waals surface area contributed by atoms with Crippen molar-refractivity contribution in [1.82, 2.24) is 14.9 Å². The summed E-state index contributed by atoms with van der Waals surface area (Å²) in [6.45, 7) is 8.18. The molecule has 0 bridgehead atoms. The fraction of sp³-hybridized carbons (Fsp3) is 0.312. The molecule has 39 heavy (non-hydrogen) atoms. The molecule has 196 valence electrons. The number of rotatable bonds is 3. The molecule has 4 atom stereocenters. The van der Waals surface area contributed by atoms with Gasteiger partial charge in [0.1, 0.15) is 11.4 Å². The summed E-state index contributed by atoms with van der Waals surface area (Å²) in [5, 5.41) is 4.29. The molecule has 7 rings (SSSR count). The summed E-state index contributed by atoms with van der Waals surface area (Å²) in [7, 11) is 0. The van der Waals surface area contributed by atoms with Gasteiger partial charge >= 0.3 is 0 Å². The van der Waals surface area contributed by atoms with E-state index in [0.29, 0.717) is 40.4 Å². The van der Waals surface area contributed by atoms with Crippen molar-refractivity contribution in [1.29, 1.82) is 0 Å². The van der Waals surface area contributed by atoms with Crippen molar-refractivity contribution in [2.45, 2.75) is 45.7 Å². The molecule has 4 heterocycles. The molecule has 3 aliphatic heterocycles. The van der Waals surface area contributed by atoms with E-state index in [0.717, 1.165) is 16.7 Å². The van der Waals surface area contributed by atoms with Crippen LogP contribution in [0.4, 0.5) is 5.69 Å². The molecule has 0 saturated carbocycles. The first-order valence-corrected chi connectivity index (χ1v) is 13.6. The lowest BCUT2D eigenvalue weighted by atomic mass is 9.75. The van der Waals surface area contributed by atoms with Crippen LogP contribution >= 0.6 is 0 Å². The third-order valence-corrected chi connectivity index (χ3v) is 8.68. The standard InChI is InChI=1S/C32H30N4O3/c1-17(2)15-23-26-27(30(39)35(29(26)38)24-14-13-18(3)16-19(24)4)32(34-23)21-10-6-8-12-25(21)36-28(37)20-9-5-7-11-22(20)33-31(32)36/h5-14,16-17,23,26-27,34H,15H2,1-4H3. The highest BCUT2D eigenvalue weighted by Gasteiger charge is 2.69. The van der Waals surface area contributed by atoms with Crippen LogP contribution in [0.2, 0.25) is 0 Å². The number of aromatic nitrogens is 2. The number of amides is 2. The molecule has 1 aromatic heterocycles. The second-order valence-corrected chi connectivity index (χ2v) is 11.6. The number of carbonyl (C=O) groups excluding carboxylic acids is 2. The van der Waals surface area contributed by atoms with Crippen LogP contribution in [0.5, 0.6) is 0 Å². The number of hydrogen-bond donors (Lipinski definition) is 1. The Balaban J connectivity index is 1.52. The van der Waals surface area contributed by atoms with Gasteiger partial charge in [0.2, 0.25) is 11.8 Å². The molecular formula is C32H30N4O3. The quantitative estimate of drug-likeness (QED) is 0.407. The van der Waals surface area contributed by atoms with Gasteiger partial charge in [-0.15, -0.1) is 0 Å². The first-order valence-electron chi connectivity index (χ1n) is 13.6. The summed E-state index contributed by atoms with van der Waals surface area (Å²) in [5.41, 5.74) is 3.39. The number of para-hydroxylation sites is 2. The van der Waals surface area contributed by atoms with Crippen LogP contribution in [0.15, 0.2) is 71.5 Å². The Morgan fingerprint density at radius 1 is 0.923 bits per heavy atom. The van der Waals surface area contributed by atoms with Crippen molar-refractivity contribution in [3.8, 4) is 5.69 Å². The van der Waals surface area contributed by atoms with E-state index in [2.05, 4.69) is 19.2 Å². The van der Waals surface area contributed by atoms with Gasteiger partial charge in [-0.2, -0.15) is 0 Å². The minimum atomic E-state index is -1.11. The van der Waals surface area contributed by atoms with Gasteiger partial charge in [-0.25, -0.2) is 9.88 Å². The van der Waals surface area contributed by atoms with Crippen LogP contribution in [0.3, 0.4) is 0 Å². The lowest BCUT2D eigenvalue weighted by Crippen LogP contribution is -2.50. The van der Waals surface area contributed by atoms with Crippen molar-refractivity contribution < 1.29 is 9.59 Å². The first-order chi connectivity index (χ1) is 18.7. The molecule has 2 saturated heterocycles. The van der Waals surface area contributed by atoms with Gasteiger partial charge in [-0.1, -0.05) is 61.9 Å². The Kier molecular flexibility index (Phi) is 5.04. The maximum absolute atomic E-state index is 14.5. The van der Waals surface area contributed by atoms with Gasteiger partial charge < -0.3 is 0 Å². The van der Waals surface area contributed by atoms with E-state index in [1.807, 2.05) is 74.5 Å². The van der Waals surface area contributed by atoms with Crippen molar-refractivity contribution in [3.63, 3.8) is 0 Å². The molecule has 2 amide bonds. The highest BCUT2D eigenvalue weighted by atomic mass is 16.2. The van der Waals surface area contributed by atoms with E-state index >= 15 is 0 Å². The molecular weight excluding hydrogens is 488 g/mol. The number of imide groups is 1. The van der Waals surface area contributed by atoms with E-state index in [-0.39, 0.29) is 23.4 Å². The van der Waals surface area contributed by atoms with E-state index < -0.39 is 17.4 Å². The number of aryl methyl sites for hydroxylation is 2. The average molecular weight is 519 g/mol. The van der Waals surface area contributed by atoms with Crippen LogP contribution in [-0.4, -0.2) is 27.4 Å². The predicted octanol–water partition coefficient (Wildman–Crippen LogP) is 4.38. The molecule has 1 spiro atoms. The fourth-order valence-electron chi connectivity index (χ4n) is 7.22. The lowest BCUT2D eigenvalue weighted by molar-refractivity contribution is -0.123. The highest BCUT2D eigenvalue weighted by molar-refractivity contribution is 6.23. The monoisotopic (exact) mass is 518 g/mol. The number of anilines is 1. The molecule has 4 unspecified atom stereocenters. The zero-order valence-corrected chi connectivity index (χ0v) is 22.4. The summed E-state index contributed by atoms with van der Waals surface area (Å²) < 4.78 is 1.65. The molecule has 4 aromatic rings. The van der Waals surface area contributed by atoms with Gasteiger partial charge in [-0.3, -0.25) is 24.3 Å². The Labute approximate surface area is 226 Å². The number of nitrogens with one attached hydrogen (secondary N) is 1. The Bertz CT molecular complexity index is 1770. The summed E-state index contributed by atoms with van der Waals surface area (Å²) in [6.07, 6.45) is 0.711.